The predicted octanol–water partition coefficient (Wildman–Crippen LogP) is 3.78. The molecule has 0 saturated carbocycles. The molecule has 4 rings (SSSR count). The molecule has 1 aromatic heterocycles. The van der Waals surface area contributed by atoms with Crippen LogP contribution < -0.4 is 14.8 Å². The number of hydrogen-bond acceptors (Lipinski definition) is 7. The summed E-state index contributed by atoms with van der Waals surface area (Å²) in [6, 6.07) is 11.4. The van der Waals surface area contributed by atoms with Crippen molar-refractivity contribution in [2.75, 3.05) is 19.5 Å². The Hall–Kier alpha value is -3.04. The summed E-state index contributed by atoms with van der Waals surface area (Å²) in [5.74, 6) is -0.401. The third-order valence-electron chi connectivity index (χ3n) is 5.00. The first-order chi connectivity index (χ1) is 14.4. The van der Waals surface area contributed by atoms with E-state index in [1.807, 2.05) is 0 Å². The minimum atomic E-state index is -3.79. The quantitative estimate of drug-likeness (QED) is 0.620. The van der Waals surface area contributed by atoms with Gasteiger partial charge in [-0.3, -0.25) is 4.79 Å². The smallest absolute Gasteiger partial charge is 0.225 e. The molecule has 0 bridgehead atoms. The Kier molecular flexibility index (Phi) is 5.17. The summed E-state index contributed by atoms with van der Waals surface area (Å²) in [4.78, 5) is 13.4. The highest BCUT2D eigenvalue weighted by molar-refractivity contribution is 7.91. The molecule has 0 spiro atoms. The van der Waals surface area contributed by atoms with Crippen molar-refractivity contribution in [1.82, 2.24) is 0 Å². The molecule has 2 N–H and O–H groups in total. The van der Waals surface area contributed by atoms with Crippen LogP contribution in [0.2, 0.25) is 0 Å². The molecular weight excluding hydrogens is 426 g/mol. The Bertz CT molecular complexity index is 1190. The van der Waals surface area contributed by atoms with Gasteiger partial charge in [-0.05, 0) is 29.8 Å². The average molecular weight is 446 g/mol. The highest BCUT2D eigenvalue weighted by Gasteiger charge is 2.35. The van der Waals surface area contributed by atoms with E-state index in [2.05, 4.69) is 5.32 Å². The molecule has 9 heteroatoms. The van der Waals surface area contributed by atoms with E-state index in [1.165, 1.54) is 37.7 Å². The fraction of sp³-hybridized carbons (Fsp3) is 0.190. The van der Waals surface area contributed by atoms with E-state index in [0.717, 1.165) is 4.88 Å². The first kappa shape index (κ1) is 20.2. The molecular formula is C21H19NO6S2. The Morgan fingerprint density at radius 2 is 1.73 bits per heavy atom. The number of methoxy groups -OCH3 is 2. The van der Waals surface area contributed by atoms with Gasteiger partial charge in [0.1, 0.15) is 4.90 Å². The summed E-state index contributed by atoms with van der Waals surface area (Å²) in [6.07, 6.45) is 0.134. The number of ether oxygens (including phenoxy) is 2. The molecule has 0 radical (unpaired) electrons. The Morgan fingerprint density at radius 3 is 2.33 bits per heavy atom. The van der Waals surface area contributed by atoms with Gasteiger partial charge in [-0.25, -0.2) is 8.42 Å². The van der Waals surface area contributed by atoms with Gasteiger partial charge in [-0.2, -0.15) is 0 Å². The standard InChI is InChI=1S/C21H19NO6S2/c1-27-15-8-12(9-16(28-2)20(15)24)14-10-18(23)22-19-17(11-29-21(14)19)30(25,26)13-6-4-3-5-7-13/h3-9,11,14,24H,10H2,1-2H3,(H,22,23)/t14-/m0/s1. The van der Waals surface area contributed by atoms with Crippen LogP contribution in [0.5, 0.6) is 17.2 Å². The molecule has 1 amide bonds. The minimum absolute atomic E-state index is 0.0736. The van der Waals surface area contributed by atoms with Gasteiger partial charge >= 0.3 is 0 Å². The molecule has 2 aromatic carbocycles. The lowest BCUT2D eigenvalue weighted by Crippen LogP contribution is -2.23. The number of aromatic hydroxyl groups is 1. The zero-order valence-corrected chi connectivity index (χ0v) is 17.8. The number of phenolic OH excluding ortho intramolecular Hbond substituents is 1. The van der Waals surface area contributed by atoms with Crippen molar-refractivity contribution in [3.8, 4) is 17.2 Å². The fourth-order valence-electron chi connectivity index (χ4n) is 3.51. The normalized spacial score (nSPS) is 15.9. The highest BCUT2D eigenvalue weighted by Crippen LogP contribution is 2.48. The lowest BCUT2D eigenvalue weighted by molar-refractivity contribution is -0.116. The lowest BCUT2D eigenvalue weighted by Gasteiger charge is -2.24. The number of hydrogen-bond donors (Lipinski definition) is 2. The van der Waals surface area contributed by atoms with Crippen molar-refractivity contribution in [2.45, 2.75) is 22.1 Å². The van der Waals surface area contributed by atoms with Gasteiger partial charge in [-0.1, -0.05) is 18.2 Å². The molecule has 1 aliphatic rings. The summed E-state index contributed by atoms with van der Waals surface area (Å²) in [6.45, 7) is 0. The molecule has 1 atom stereocenters. The topological polar surface area (TPSA) is 102 Å². The summed E-state index contributed by atoms with van der Waals surface area (Å²) in [5, 5.41) is 14.5. The number of thiophene rings is 1. The number of fused-ring (bicyclic) bond motifs is 1. The number of carbonyl (C=O) groups excluding carboxylic acids is 1. The predicted molar refractivity (Wildman–Crippen MR) is 113 cm³/mol. The Balaban J connectivity index is 1.85. The van der Waals surface area contributed by atoms with E-state index in [1.54, 1.807) is 35.7 Å². The molecule has 3 aromatic rings. The van der Waals surface area contributed by atoms with Crippen LogP contribution in [-0.4, -0.2) is 33.7 Å². The second-order valence-electron chi connectivity index (χ2n) is 6.73. The van der Waals surface area contributed by atoms with E-state index >= 15 is 0 Å². The molecule has 0 saturated heterocycles. The molecule has 0 fully saturated rings. The number of phenols is 1. The molecule has 1 aliphatic heterocycles. The SMILES string of the molecule is COc1cc([C@@H]2CC(=O)Nc3c(S(=O)(=O)c4ccccc4)csc32)cc(OC)c1O. The molecule has 7 nitrogen and oxygen atoms in total. The zero-order chi connectivity index (χ0) is 21.5. The van der Waals surface area contributed by atoms with E-state index < -0.39 is 15.8 Å². The van der Waals surface area contributed by atoms with Crippen molar-refractivity contribution in [1.29, 1.82) is 0 Å². The number of anilines is 1. The number of sulfone groups is 1. The van der Waals surface area contributed by atoms with Gasteiger partial charge in [0.25, 0.3) is 0 Å². The van der Waals surface area contributed by atoms with Gasteiger partial charge in [0.2, 0.25) is 21.5 Å². The van der Waals surface area contributed by atoms with E-state index in [-0.39, 0.29) is 39.4 Å². The summed E-state index contributed by atoms with van der Waals surface area (Å²) in [5.41, 5.74) is 0.985. The third kappa shape index (κ3) is 3.29. The molecule has 156 valence electrons. The maximum atomic E-state index is 13.1. The van der Waals surface area contributed by atoms with Crippen LogP contribution in [-0.2, 0) is 14.6 Å². The van der Waals surface area contributed by atoms with E-state index in [9.17, 15) is 18.3 Å². The zero-order valence-electron chi connectivity index (χ0n) is 16.2. The fourth-order valence-corrected chi connectivity index (χ4v) is 6.44. The summed E-state index contributed by atoms with van der Waals surface area (Å²) >= 11 is 1.27. The maximum Gasteiger partial charge on any atom is 0.225 e. The van der Waals surface area contributed by atoms with Crippen molar-refractivity contribution in [3.63, 3.8) is 0 Å². The largest absolute Gasteiger partial charge is 0.502 e. The lowest BCUT2D eigenvalue weighted by atomic mass is 9.90. The van der Waals surface area contributed by atoms with Gasteiger partial charge in [0.15, 0.2) is 11.5 Å². The van der Waals surface area contributed by atoms with Crippen molar-refractivity contribution >= 4 is 32.8 Å². The molecule has 0 aliphatic carbocycles. The van der Waals surface area contributed by atoms with Gasteiger partial charge < -0.3 is 19.9 Å². The van der Waals surface area contributed by atoms with E-state index in [4.69, 9.17) is 9.47 Å². The summed E-state index contributed by atoms with van der Waals surface area (Å²) in [7, 11) is -0.945. The van der Waals surface area contributed by atoms with Crippen molar-refractivity contribution in [3.05, 3.63) is 58.3 Å². The Morgan fingerprint density at radius 1 is 1.10 bits per heavy atom. The summed E-state index contributed by atoms with van der Waals surface area (Å²) < 4.78 is 36.7. The van der Waals surface area contributed by atoms with Crippen LogP contribution >= 0.6 is 11.3 Å². The van der Waals surface area contributed by atoms with Crippen LogP contribution in [0, 0.1) is 0 Å². The number of nitrogens with one attached hydrogen (secondary N) is 1. The Labute approximate surface area is 177 Å². The maximum absolute atomic E-state index is 13.1. The monoisotopic (exact) mass is 445 g/mol. The van der Waals surface area contributed by atoms with Crippen LogP contribution in [0.15, 0.2) is 57.6 Å². The van der Waals surface area contributed by atoms with Crippen LogP contribution in [0.1, 0.15) is 22.8 Å². The first-order valence-electron chi connectivity index (χ1n) is 9.03. The van der Waals surface area contributed by atoms with Crippen LogP contribution in [0.3, 0.4) is 0 Å². The second kappa shape index (κ2) is 7.66. The first-order valence-corrected chi connectivity index (χ1v) is 11.4. The number of carbonyl (C=O) groups is 1. The third-order valence-corrected chi connectivity index (χ3v) is 8.04. The van der Waals surface area contributed by atoms with E-state index in [0.29, 0.717) is 11.3 Å². The second-order valence-corrected chi connectivity index (χ2v) is 9.56. The average Bonchev–Trinajstić information content (AvgIpc) is 3.18. The number of benzene rings is 2. The molecule has 2 heterocycles. The van der Waals surface area contributed by atoms with Crippen molar-refractivity contribution < 1.29 is 27.8 Å². The number of amides is 1. The van der Waals surface area contributed by atoms with Gasteiger partial charge in [0.05, 0.1) is 24.8 Å². The van der Waals surface area contributed by atoms with Gasteiger partial charge in [-0.15, -0.1) is 11.3 Å². The minimum Gasteiger partial charge on any atom is -0.502 e. The highest BCUT2D eigenvalue weighted by atomic mass is 32.2. The number of rotatable bonds is 5. The van der Waals surface area contributed by atoms with Crippen LogP contribution in [0.4, 0.5) is 5.69 Å². The molecule has 30 heavy (non-hydrogen) atoms. The van der Waals surface area contributed by atoms with Crippen LogP contribution in [0.25, 0.3) is 0 Å². The van der Waals surface area contributed by atoms with Gasteiger partial charge in [0, 0.05) is 22.6 Å². The van der Waals surface area contributed by atoms with Crippen molar-refractivity contribution in [2.24, 2.45) is 0 Å². The molecule has 0 unspecified atom stereocenters.